The average molecular weight is 289 g/mol. The van der Waals surface area contributed by atoms with Crippen LogP contribution in [0.1, 0.15) is 58.7 Å². The molecule has 0 radical (unpaired) electrons. The first-order valence-corrected chi connectivity index (χ1v) is 8.59. The SMILES string of the molecule is Cn1ccnc1CCC1(CNC(C)(C)C)CC2CCC1C2. The Bertz CT molecular complexity index is 485. The lowest BCUT2D eigenvalue weighted by atomic mass is 9.69. The molecular weight excluding hydrogens is 258 g/mol. The summed E-state index contributed by atoms with van der Waals surface area (Å²) < 4.78 is 2.18. The van der Waals surface area contributed by atoms with E-state index in [4.69, 9.17) is 0 Å². The Morgan fingerprint density at radius 2 is 2.19 bits per heavy atom. The third kappa shape index (κ3) is 3.18. The fourth-order valence-corrected chi connectivity index (χ4v) is 4.61. The lowest BCUT2D eigenvalue weighted by Gasteiger charge is -2.40. The van der Waals surface area contributed by atoms with E-state index in [0.29, 0.717) is 5.41 Å². The van der Waals surface area contributed by atoms with Gasteiger partial charge in [-0.25, -0.2) is 4.98 Å². The number of nitrogens with zero attached hydrogens (tertiary/aromatic N) is 2. The van der Waals surface area contributed by atoms with Gasteiger partial charge in [-0.2, -0.15) is 0 Å². The van der Waals surface area contributed by atoms with Gasteiger partial charge in [0.15, 0.2) is 0 Å². The highest BCUT2D eigenvalue weighted by atomic mass is 15.0. The maximum Gasteiger partial charge on any atom is 0.108 e. The summed E-state index contributed by atoms with van der Waals surface area (Å²) in [6.45, 7) is 8.04. The molecule has 1 heterocycles. The topological polar surface area (TPSA) is 29.9 Å². The molecule has 0 aliphatic heterocycles. The molecule has 3 nitrogen and oxygen atoms in total. The molecule has 0 amide bonds. The van der Waals surface area contributed by atoms with Gasteiger partial charge in [0.25, 0.3) is 0 Å². The fraction of sp³-hybridized carbons (Fsp3) is 0.833. The molecule has 0 spiro atoms. The summed E-state index contributed by atoms with van der Waals surface area (Å²) in [6.07, 6.45) is 12.3. The fourth-order valence-electron chi connectivity index (χ4n) is 4.61. The zero-order valence-corrected chi connectivity index (χ0v) is 14.2. The average Bonchev–Trinajstić information content (AvgIpc) is 3.09. The molecule has 1 N–H and O–H groups in total. The summed E-state index contributed by atoms with van der Waals surface area (Å²) in [7, 11) is 2.11. The van der Waals surface area contributed by atoms with Gasteiger partial charge in [-0.3, -0.25) is 0 Å². The van der Waals surface area contributed by atoms with Crippen molar-refractivity contribution in [1.82, 2.24) is 14.9 Å². The number of aryl methyl sites for hydroxylation is 2. The molecule has 1 aromatic heterocycles. The first-order chi connectivity index (χ1) is 9.88. The number of nitrogens with one attached hydrogen (secondary N) is 1. The molecule has 2 fully saturated rings. The van der Waals surface area contributed by atoms with Gasteiger partial charge in [0.05, 0.1) is 0 Å². The summed E-state index contributed by atoms with van der Waals surface area (Å²) in [5, 5.41) is 3.81. The third-order valence-electron chi connectivity index (χ3n) is 5.84. The van der Waals surface area contributed by atoms with Crippen LogP contribution in [0.5, 0.6) is 0 Å². The maximum absolute atomic E-state index is 4.52. The molecule has 118 valence electrons. The van der Waals surface area contributed by atoms with Crippen LogP contribution in [0.4, 0.5) is 0 Å². The molecule has 21 heavy (non-hydrogen) atoms. The predicted octanol–water partition coefficient (Wildman–Crippen LogP) is 3.55. The molecule has 0 aromatic carbocycles. The molecule has 2 aliphatic rings. The van der Waals surface area contributed by atoms with Crippen molar-refractivity contribution in [1.29, 1.82) is 0 Å². The van der Waals surface area contributed by atoms with E-state index in [1.165, 1.54) is 44.5 Å². The Morgan fingerprint density at radius 1 is 1.38 bits per heavy atom. The highest BCUT2D eigenvalue weighted by Crippen LogP contribution is 2.57. The molecule has 0 saturated heterocycles. The lowest BCUT2D eigenvalue weighted by Crippen LogP contribution is -2.46. The van der Waals surface area contributed by atoms with Crippen molar-refractivity contribution in [3.05, 3.63) is 18.2 Å². The molecule has 3 rings (SSSR count). The van der Waals surface area contributed by atoms with Gasteiger partial charge < -0.3 is 9.88 Å². The highest BCUT2D eigenvalue weighted by Gasteiger charge is 2.50. The first kappa shape index (κ1) is 15.1. The molecule has 1 aromatic rings. The van der Waals surface area contributed by atoms with Crippen molar-refractivity contribution in [3.63, 3.8) is 0 Å². The number of fused-ring (bicyclic) bond motifs is 2. The van der Waals surface area contributed by atoms with Crippen molar-refractivity contribution in [2.45, 2.75) is 64.8 Å². The smallest absolute Gasteiger partial charge is 0.108 e. The van der Waals surface area contributed by atoms with Gasteiger partial charge in [0.2, 0.25) is 0 Å². The van der Waals surface area contributed by atoms with E-state index < -0.39 is 0 Å². The largest absolute Gasteiger partial charge is 0.338 e. The molecule has 2 saturated carbocycles. The monoisotopic (exact) mass is 289 g/mol. The Balaban J connectivity index is 1.69. The third-order valence-corrected chi connectivity index (χ3v) is 5.84. The standard InChI is InChI=1S/C18H31N3/c1-17(2,3)20-13-18(12-14-5-6-15(18)11-14)8-7-16-19-9-10-21(16)4/h9-10,14-15,20H,5-8,11-13H2,1-4H3. The van der Waals surface area contributed by atoms with E-state index in [0.717, 1.165) is 18.3 Å². The van der Waals surface area contributed by atoms with Crippen LogP contribution >= 0.6 is 0 Å². The van der Waals surface area contributed by atoms with Crippen LogP contribution in [0, 0.1) is 17.3 Å². The summed E-state index contributed by atoms with van der Waals surface area (Å²) >= 11 is 0. The summed E-state index contributed by atoms with van der Waals surface area (Å²) in [5.41, 5.74) is 0.736. The van der Waals surface area contributed by atoms with Gasteiger partial charge in [-0.1, -0.05) is 6.42 Å². The van der Waals surface area contributed by atoms with E-state index in [1.807, 2.05) is 6.20 Å². The van der Waals surface area contributed by atoms with Crippen molar-refractivity contribution in [2.24, 2.45) is 24.3 Å². The predicted molar refractivity (Wildman–Crippen MR) is 87.2 cm³/mol. The van der Waals surface area contributed by atoms with Crippen LogP contribution in [0.15, 0.2) is 12.4 Å². The number of hydrogen-bond donors (Lipinski definition) is 1. The second-order valence-electron chi connectivity index (χ2n) is 8.50. The van der Waals surface area contributed by atoms with Crippen LogP contribution in [0.2, 0.25) is 0 Å². The van der Waals surface area contributed by atoms with E-state index in [1.54, 1.807) is 0 Å². The first-order valence-electron chi connectivity index (χ1n) is 8.59. The molecule has 3 heteroatoms. The molecule has 3 atom stereocenters. The minimum absolute atomic E-state index is 0.220. The minimum atomic E-state index is 0.220. The summed E-state index contributed by atoms with van der Waals surface area (Å²) in [6, 6.07) is 0. The molecule has 3 unspecified atom stereocenters. The Kier molecular flexibility index (Phi) is 3.89. The van der Waals surface area contributed by atoms with Crippen molar-refractivity contribution >= 4 is 0 Å². The van der Waals surface area contributed by atoms with Gasteiger partial charge in [-0.05, 0) is 63.7 Å². The van der Waals surface area contributed by atoms with Crippen molar-refractivity contribution in [3.8, 4) is 0 Å². The maximum atomic E-state index is 4.52. The van der Waals surface area contributed by atoms with Gasteiger partial charge in [-0.15, -0.1) is 0 Å². The quantitative estimate of drug-likeness (QED) is 0.898. The molecule has 2 bridgehead atoms. The normalized spacial score (nSPS) is 32.0. The van der Waals surface area contributed by atoms with Crippen LogP contribution < -0.4 is 5.32 Å². The second-order valence-corrected chi connectivity index (χ2v) is 8.50. The zero-order valence-electron chi connectivity index (χ0n) is 14.2. The van der Waals surface area contributed by atoms with Crippen LogP contribution in [-0.2, 0) is 13.5 Å². The van der Waals surface area contributed by atoms with Crippen LogP contribution in [-0.4, -0.2) is 21.6 Å². The summed E-state index contributed by atoms with van der Waals surface area (Å²) in [4.78, 5) is 4.52. The van der Waals surface area contributed by atoms with Crippen LogP contribution in [0.25, 0.3) is 0 Å². The highest BCUT2D eigenvalue weighted by molar-refractivity contribution is 5.04. The molecule has 2 aliphatic carbocycles. The van der Waals surface area contributed by atoms with Crippen molar-refractivity contribution in [2.75, 3.05) is 6.54 Å². The van der Waals surface area contributed by atoms with Gasteiger partial charge >= 0.3 is 0 Å². The Labute approximate surface area is 129 Å². The van der Waals surface area contributed by atoms with E-state index in [9.17, 15) is 0 Å². The van der Waals surface area contributed by atoms with E-state index in [-0.39, 0.29) is 5.54 Å². The van der Waals surface area contributed by atoms with E-state index >= 15 is 0 Å². The minimum Gasteiger partial charge on any atom is -0.338 e. The molecular formula is C18H31N3. The van der Waals surface area contributed by atoms with Crippen molar-refractivity contribution < 1.29 is 0 Å². The zero-order chi connectivity index (χ0) is 15.1. The number of imidazole rings is 1. The van der Waals surface area contributed by atoms with Gasteiger partial charge in [0.1, 0.15) is 5.82 Å². The number of rotatable bonds is 5. The number of aromatic nitrogens is 2. The Morgan fingerprint density at radius 3 is 2.71 bits per heavy atom. The van der Waals surface area contributed by atoms with Gasteiger partial charge in [0, 0.05) is 37.9 Å². The summed E-state index contributed by atoms with van der Waals surface area (Å²) in [5.74, 6) is 3.18. The Hall–Kier alpha value is -0.830. The van der Waals surface area contributed by atoms with E-state index in [2.05, 4.69) is 48.9 Å². The lowest BCUT2D eigenvalue weighted by molar-refractivity contribution is 0.130. The second kappa shape index (κ2) is 5.42. The van der Waals surface area contributed by atoms with Crippen LogP contribution in [0.3, 0.4) is 0 Å². The number of hydrogen-bond acceptors (Lipinski definition) is 2.